The standard InChI is InChI=1S/C29H26N2O3S/c1-19-13-15-22(16-14-19)35(33,34)31-24-12-8-7-11-23(24)30-26(29(31,2)3)18-21-17-25(32)27(28(21)30)20-9-5-4-6-10-20/h4-16,18,27H,17H2,1-3H3. The summed E-state index contributed by atoms with van der Waals surface area (Å²) in [6.45, 7) is 5.82. The average Bonchev–Trinajstić information content (AvgIpc) is 3.35. The third-order valence-electron chi connectivity index (χ3n) is 7.25. The Morgan fingerprint density at radius 1 is 0.857 bits per heavy atom. The van der Waals surface area contributed by atoms with Crippen LogP contribution in [-0.4, -0.2) is 18.8 Å². The van der Waals surface area contributed by atoms with Crippen molar-refractivity contribution in [2.75, 3.05) is 4.31 Å². The van der Waals surface area contributed by atoms with Crippen LogP contribution < -0.4 is 4.31 Å². The van der Waals surface area contributed by atoms with Gasteiger partial charge in [0.15, 0.2) is 5.78 Å². The third kappa shape index (κ3) is 3.06. The number of aromatic nitrogens is 1. The fourth-order valence-electron chi connectivity index (χ4n) is 5.65. The number of anilines is 1. The number of sulfonamides is 1. The van der Waals surface area contributed by atoms with Crippen molar-refractivity contribution >= 4 is 21.5 Å². The maximum atomic E-state index is 14.1. The van der Waals surface area contributed by atoms with Gasteiger partial charge in [-0.25, -0.2) is 8.42 Å². The smallest absolute Gasteiger partial charge is 0.265 e. The number of carbonyl (C=O) groups is 1. The Hall–Kier alpha value is -3.64. The Morgan fingerprint density at radius 3 is 2.17 bits per heavy atom. The van der Waals surface area contributed by atoms with Crippen molar-refractivity contribution in [3.63, 3.8) is 0 Å². The molecule has 0 saturated heterocycles. The molecule has 176 valence electrons. The Labute approximate surface area is 205 Å². The van der Waals surface area contributed by atoms with Crippen molar-refractivity contribution in [3.8, 4) is 5.69 Å². The molecule has 2 heterocycles. The van der Waals surface area contributed by atoms with E-state index in [1.54, 1.807) is 16.4 Å². The largest absolute Gasteiger partial charge is 0.312 e. The van der Waals surface area contributed by atoms with Gasteiger partial charge in [0, 0.05) is 17.8 Å². The van der Waals surface area contributed by atoms with Crippen LogP contribution in [0, 0.1) is 6.92 Å². The van der Waals surface area contributed by atoms with Crippen LogP contribution in [0.15, 0.2) is 89.8 Å². The first kappa shape index (κ1) is 21.9. The van der Waals surface area contributed by atoms with Gasteiger partial charge >= 0.3 is 0 Å². The summed E-state index contributed by atoms with van der Waals surface area (Å²) in [6, 6.07) is 26.4. The van der Waals surface area contributed by atoms with E-state index in [9.17, 15) is 13.2 Å². The summed E-state index contributed by atoms with van der Waals surface area (Å²) in [6.07, 6.45) is 0.345. The van der Waals surface area contributed by atoms with Crippen LogP contribution in [0.5, 0.6) is 0 Å². The van der Waals surface area contributed by atoms with Crippen LogP contribution >= 0.6 is 0 Å². The van der Waals surface area contributed by atoms with E-state index in [0.717, 1.165) is 33.8 Å². The molecule has 1 aliphatic heterocycles. The monoisotopic (exact) mass is 482 g/mol. The lowest BCUT2D eigenvalue weighted by atomic mass is 9.93. The number of hydrogen-bond acceptors (Lipinski definition) is 3. The minimum Gasteiger partial charge on any atom is -0.312 e. The molecule has 1 aliphatic carbocycles. The fourth-order valence-corrected chi connectivity index (χ4v) is 7.45. The molecule has 1 aromatic heterocycles. The molecular weight excluding hydrogens is 456 g/mol. The second-order valence-corrected chi connectivity index (χ2v) is 11.7. The number of fused-ring (bicyclic) bond motifs is 5. The molecule has 0 amide bonds. The Bertz CT molecular complexity index is 1580. The first-order valence-corrected chi connectivity index (χ1v) is 13.2. The molecule has 2 aliphatic rings. The van der Waals surface area contributed by atoms with Crippen molar-refractivity contribution in [2.45, 2.75) is 43.5 Å². The van der Waals surface area contributed by atoms with Gasteiger partial charge in [-0.15, -0.1) is 0 Å². The summed E-state index contributed by atoms with van der Waals surface area (Å²) in [4.78, 5) is 13.4. The fraction of sp³-hybridized carbons (Fsp3) is 0.207. The number of Topliss-reactive ketones (excluding diaryl/α,β-unsaturated/α-hetero) is 1. The van der Waals surface area contributed by atoms with E-state index >= 15 is 0 Å². The number of hydrogen-bond donors (Lipinski definition) is 0. The normalized spacial score (nSPS) is 18.2. The lowest BCUT2D eigenvalue weighted by Gasteiger charge is -2.45. The molecule has 5 nitrogen and oxygen atoms in total. The first-order valence-electron chi connectivity index (χ1n) is 11.8. The topological polar surface area (TPSA) is 59.4 Å². The van der Waals surface area contributed by atoms with E-state index in [-0.39, 0.29) is 16.6 Å². The second kappa shape index (κ2) is 7.43. The summed E-state index contributed by atoms with van der Waals surface area (Å²) in [5.74, 6) is -0.203. The third-order valence-corrected chi connectivity index (χ3v) is 9.25. The van der Waals surface area contributed by atoms with Crippen LogP contribution in [-0.2, 0) is 26.8 Å². The zero-order chi connectivity index (χ0) is 24.5. The quantitative estimate of drug-likeness (QED) is 0.388. The maximum absolute atomic E-state index is 14.1. The molecule has 0 saturated carbocycles. The highest BCUT2D eigenvalue weighted by Gasteiger charge is 2.48. The van der Waals surface area contributed by atoms with Crippen LogP contribution in [0.2, 0.25) is 0 Å². The molecule has 35 heavy (non-hydrogen) atoms. The molecule has 0 radical (unpaired) electrons. The number of para-hydroxylation sites is 2. The first-order chi connectivity index (χ1) is 16.7. The highest BCUT2D eigenvalue weighted by atomic mass is 32.2. The van der Waals surface area contributed by atoms with Crippen molar-refractivity contribution in [1.29, 1.82) is 0 Å². The van der Waals surface area contributed by atoms with Crippen LogP contribution in [0.3, 0.4) is 0 Å². The molecule has 0 fully saturated rings. The van der Waals surface area contributed by atoms with E-state index in [0.29, 0.717) is 12.1 Å². The van der Waals surface area contributed by atoms with Gasteiger partial charge < -0.3 is 4.57 Å². The van der Waals surface area contributed by atoms with Gasteiger partial charge in [-0.1, -0.05) is 60.2 Å². The van der Waals surface area contributed by atoms with E-state index in [1.165, 1.54) is 0 Å². The van der Waals surface area contributed by atoms with Gasteiger partial charge in [-0.05, 0) is 62.2 Å². The van der Waals surface area contributed by atoms with Crippen LogP contribution in [0.25, 0.3) is 5.69 Å². The van der Waals surface area contributed by atoms with Crippen molar-refractivity contribution in [2.24, 2.45) is 0 Å². The molecule has 1 atom stereocenters. The predicted molar refractivity (Wildman–Crippen MR) is 137 cm³/mol. The average molecular weight is 483 g/mol. The molecule has 6 rings (SSSR count). The number of aryl methyl sites for hydroxylation is 1. The van der Waals surface area contributed by atoms with Crippen LogP contribution in [0.1, 0.15) is 47.8 Å². The van der Waals surface area contributed by atoms with E-state index < -0.39 is 15.6 Å². The predicted octanol–water partition coefficient (Wildman–Crippen LogP) is 5.49. The van der Waals surface area contributed by atoms with Crippen molar-refractivity contribution in [3.05, 3.63) is 113 Å². The molecule has 0 spiro atoms. The second-order valence-electron chi connectivity index (χ2n) is 9.89. The molecule has 0 N–H and O–H groups in total. The minimum atomic E-state index is -3.86. The van der Waals surface area contributed by atoms with E-state index in [4.69, 9.17) is 0 Å². The molecular formula is C29H26N2O3S. The summed E-state index contributed by atoms with van der Waals surface area (Å²) in [7, 11) is -3.86. The zero-order valence-electron chi connectivity index (χ0n) is 19.9. The molecule has 4 aromatic rings. The molecule has 1 unspecified atom stereocenters. The minimum absolute atomic E-state index is 0.168. The van der Waals surface area contributed by atoms with Gasteiger partial charge in [-0.3, -0.25) is 9.10 Å². The summed E-state index contributed by atoms with van der Waals surface area (Å²) >= 11 is 0. The number of benzene rings is 3. The lowest BCUT2D eigenvalue weighted by Crippen LogP contribution is -2.49. The van der Waals surface area contributed by atoms with E-state index in [1.807, 2.05) is 93.6 Å². The van der Waals surface area contributed by atoms with Crippen molar-refractivity contribution in [1.82, 2.24) is 4.57 Å². The van der Waals surface area contributed by atoms with E-state index in [2.05, 4.69) is 4.57 Å². The maximum Gasteiger partial charge on any atom is 0.265 e. The Balaban J connectivity index is 1.60. The highest BCUT2D eigenvalue weighted by molar-refractivity contribution is 7.92. The lowest BCUT2D eigenvalue weighted by molar-refractivity contribution is -0.118. The molecule has 6 heteroatoms. The summed E-state index contributed by atoms with van der Waals surface area (Å²) < 4.78 is 31.8. The highest BCUT2D eigenvalue weighted by Crippen LogP contribution is 2.50. The molecule has 3 aromatic carbocycles. The van der Waals surface area contributed by atoms with Gasteiger partial charge in [-0.2, -0.15) is 0 Å². The Morgan fingerprint density at radius 2 is 1.49 bits per heavy atom. The van der Waals surface area contributed by atoms with Crippen molar-refractivity contribution < 1.29 is 13.2 Å². The summed E-state index contributed by atoms with van der Waals surface area (Å²) in [5, 5.41) is 0. The number of rotatable bonds is 3. The van der Waals surface area contributed by atoms with Crippen LogP contribution in [0.4, 0.5) is 5.69 Å². The summed E-state index contributed by atoms with van der Waals surface area (Å²) in [5.41, 5.74) is 5.24. The Kier molecular flexibility index (Phi) is 4.64. The molecule has 0 bridgehead atoms. The SMILES string of the molecule is Cc1ccc(S(=O)(=O)N2c3ccccc3-n3c(cc4c3C(c3ccccc3)C(=O)C4)C2(C)C)cc1. The number of nitrogens with zero attached hydrogens (tertiary/aromatic N) is 2. The van der Waals surface area contributed by atoms with Gasteiger partial charge in [0.1, 0.15) is 0 Å². The zero-order valence-corrected chi connectivity index (χ0v) is 20.7. The van der Waals surface area contributed by atoms with Gasteiger partial charge in [0.05, 0.1) is 27.7 Å². The number of ketones is 1. The van der Waals surface area contributed by atoms with Gasteiger partial charge in [0.25, 0.3) is 10.0 Å². The van der Waals surface area contributed by atoms with Gasteiger partial charge in [0.2, 0.25) is 0 Å². The number of carbonyl (C=O) groups excluding carboxylic acids is 1.